The van der Waals surface area contributed by atoms with E-state index >= 15 is 0 Å². The topological polar surface area (TPSA) is 79.8 Å². The van der Waals surface area contributed by atoms with Crippen LogP contribution < -0.4 is 15.4 Å². The van der Waals surface area contributed by atoms with E-state index in [9.17, 15) is 9.82 Å². The Balaban J connectivity index is 1.80. The third-order valence-electron chi connectivity index (χ3n) is 3.96. The first-order valence-electron chi connectivity index (χ1n) is 8.79. The van der Waals surface area contributed by atoms with Crippen LogP contribution in [0.25, 0.3) is 0 Å². The van der Waals surface area contributed by atoms with Crippen molar-refractivity contribution >= 4 is 13.0 Å². The van der Waals surface area contributed by atoms with Crippen LogP contribution >= 0.6 is 0 Å². The van der Waals surface area contributed by atoms with Gasteiger partial charge in [-0.1, -0.05) is 24.3 Å². The van der Waals surface area contributed by atoms with E-state index in [1.165, 1.54) is 0 Å². The predicted molar refractivity (Wildman–Crippen MR) is 98.4 cm³/mol. The molecular weight excluding hydrogens is 319 g/mol. The standard InChI is InChI=1S/C18H27BN2O4/c1-20-10-3-5-11-24-16-8-6-7-15(13-16)14-18(22)21-17-9-2-4-12-25-19(17)23/h2,4,6-8,13,17,20,23H,3,5,9-12,14H2,1H3,(H,21,22). The van der Waals surface area contributed by atoms with Crippen LogP contribution in [-0.2, 0) is 15.9 Å². The number of hydrogen-bond acceptors (Lipinski definition) is 5. The van der Waals surface area contributed by atoms with Crippen LogP contribution in [-0.4, -0.2) is 50.8 Å². The lowest BCUT2D eigenvalue weighted by Crippen LogP contribution is -2.47. The molecule has 3 N–H and O–H groups in total. The number of unbranched alkanes of at least 4 members (excludes halogenated alkanes) is 1. The van der Waals surface area contributed by atoms with Gasteiger partial charge >= 0.3 is 7.12 Å². The summed E-state index contributed by atoms with van der Waals surface area (Å²) >= 11 is 0. The molecule has 1 atom stereocenters. The smallest absolute Gasteiger partial charge is 0.478 e. The van der Waals surface area contributed by atoms with Crippen LogP contribution in [0.2, 0.25) is 0 Å². The monoisotopic (exact) mass is 346 g/mol. The second kappa shape index (κ2) is 10.9. The molecule has 0 saturated heterocycles. The van der Waals surface area contributed by atoms with Crippen molar-refractivity contribution < 1.29 is 19.2 Å². The Morgan fingerprint density at radius 3 is 3.12 bits per heavy atom. The Kier molecular flexibility index (Phi) is 8.52. The van der Waals surface area contributed by atoms with Crippen molar-refractivity contribution in [1.82, 2.24) is 10.6 Å². The molecule has 0 radical (unpaired) electrons. The fourth-order valence-electron chi connectivity index (χ4n) is 2.61. The average molecular weight is 346 g/mol. The van der Waals surface area contributed by atoms with Crippen molar-refractivity contribution in [3.8, 4) is 5.75 Å². The number of hydrogen-bond donors (Lipinski definition) is 3. The van der Waals surface area contributed by atoms with Crippen LogP contribution in [0.1, 0.15) is 24.8 Å². The molecular formula is C18H27BN2O4. The molecule has 2 rings (SSSR count). The van der Waals surface area contributed by atoms with Gasteiger partial charge < -0.3 is 25.0 Å². The summed E-state index contributed by atoms with van der Waals surface area (Å²) < 4.78 is 10.9. The van der Waals surface area contributed by atoms with Crippen LogP contribution in [0.3, 0.4) is 0 Å². The van der Waals surface area contributed by atoms with Crippen LogP contribution in [0, 0.1) is 0 Å². The highest BCUT2D eigenvalue weighted by Gasteiger charge is 2.28. The first kappa shape index (κ1) is 19.5. The molecule has 0 aliphatic carbocycles. The second-order valence-corrected chi connectivity index (χ2v) is 6.09. The lowest BCUT2D eigenvalue weighted by molar-refractivity contribution is -0.120. The first-order chi connectivity index (χ1) is 12.2. The zero-order valence-electron chi connectivity index (χ0n) is 14.7. The summed E-state index contributed by atoms with van der Waals surface area (Å²) in [6.45, 7) is 2.01. The van der Waals surface area contributed by atoms with E-state index in [-0.39, 0.29) is 12.3 Å². The highest BCUT2D eigenvalue weighted by molar-refractivity contribution is 6.45. The second-order valence-electron chi connectivity index (χ2n) is 6.09. The molecule has 25 heavy (non-hydrogen) atoms. The molecule has 1 unspecified atom stereocenters. The number of carbonyl (C=O) groups is 1. The van der Waals surface area contributed by atoms with Gasteiger partial charge in [-0.2, -0.15) is 0 Å². The Morgan fingerprint density at radius 1 is 1.40 bits per heavy atom. The van der Waals surface area contributed by atoms with E-state index in [0.29, 0.717) is 19.6 Å². The van der Waals surface area contributed by atoms with Gasteiger partial charge in [-0.25, -0.2) is 0 Å². The summed E-state index contributed by atoms with van der Waals surface area (Å²) in [4.78, 5) is 12.2. The van der Waals surface area contributed by atoms with E-state index in [4.69, 9.17) is 9.39 Å². The highest BCUT2D eigenvalue weighted by atomic mass is 16.5. The van der Waals surface area contributed by atoms with E-state index in [1.807, 2.05) is 43.5 Å². The van der Waals surface area contributed by atoms with E-state index in [1.54, 1.807) is 0 Å². The molecule has 1 aromatic rings. The number of benzene rings is 1. The highest BCUT2D eigenvalue weighted by Crippen LogP contribution is 2.14. The van der Waals surface area contributed by atoms with Gasteiger partial charge in [0.05, 0.1) is 19.0 Å². The fraction of sp³-hybridized carbons (Fsp3) is 0.500. The predicted octanol–water partition coefficient (Wildman–Crippen LogP) is 1.09. The van der Waals surface area contributed by atoms with Gasteiger partial charge in [0.25, 0.3) is 0 Å². The molecule has 1 amide bonds. The summed E-state index contributed by atoms with van der Waals surface area (Å²) in [6.07, 6.45) is 6.60. The molecule has 0 aromatic heterocycles. The zero-order chi connectivity index (χ0) is 17.9. The minimum Gasteiger partial charge on any atom is -0.494 e. The van der Waals surface area contributed by atoms with Gasteiger partial charge in [-0.05, 0) is 50.6 Å². The summed E-state index contributed by atoms with van der Waals surface area (Å²) in [5.41, 5.74) is 0.879. The number of amides is 1. The van der Waals surface area contributed by atoms with Gasteiger partial charge in [0.15, 0.2) is 0 Å². The Labute approximate surface area is 149 Å². The molecule has 6 nitrogen and oxygen atoms in total. The van der Waals surface area contributed by atoms with Gasteiger partial charge in [-0.15, -0.1) is 0 Å². The van der Waals surface area contributed by atoms with Gasteiger partial charge in [0.2, 0.25) is 5.91 Å². The SMILES string of the molecule is CNCCCCOc1cccc(CC(=O)NC2CC=CCOB2O)c1. The van der Waals surface area contributed by atoms with Crippen molar-refractivity contribution in [3.63, 3.8) is 0 Å². The molecule has 1 aliphatic heterocycles. The fourth-order valence-corrected chi connectivity index (χ4v) is 2.61. The van der Waals surface area contributed by atoms with Crippen molar-refractivity contribution in [2.24, 2.45) is 0 Å². The van der Waals surface area contributed by atoms with Gasteiger partial charge in [-0.3, -0.25) is 4.79 Å². The molecule has 1 aromatic carbocycles. The summed E-state index contributed by atoms with van der Waals surface area (Å²) in [6, 6.07) is 7.57. The summed E-state index contributed by atoms with van der Waals surface area (Å²) in [5, 5.41) is 15.8. The van der Waals surface area contributed by atoms with E-state index in [2.05, 4.69) is 10.6 Å². The molecule has 0 spiro atoms. The maximum Gasteiger partial charge on any atom is 0.478 e. The van der Waals surface area contributed by atoms with Crippen molar-refractivity contribution in [2.45, 2.75) is 31.6 Å². The molecule has 0 saturated carbocycles. The first-order valence-corrected chi connectivity index (χ1v) is 8.79. The maximum atomic E-state index is 12.2. The Hall–Kier alpha value is -1.83. The Bertz CT molecular complexity index is 568. The molecule has 7 heteroatoms. The number of nitrogens with one attached hydrogen (secondary N) is 2. The molecule has 0 bridgehead atoms. The van der Waals surface area contributed by atoms with Crippen molar-refractivity contribution in [1.29, 1.82) is 0 Å². The average Bonchev–Trinajstić information content (AvgIpc) is 2.80. The zero-order valence-corrected chi connectivity index (χ0v) is 14.7. The van der Waals surface area contributed by atoms with E-state index in [0.717, 1.165) is 30.7 Å². The minimum absolute atomic E-state index is 0.144. The summed E-state index contributed by atoms with van der Waals surface area (Å²) in [7, 11) is 0.956. The van der Waals surface area contributed by atoms with E-state index < -0.39 is 13.1 Å². The third-order valence-corrected chi connectivity index (χ3v) is 3.96. The lowest BCUT2D eigenvalue weighted by atomic mass is 9.77. The minimum atomic E-state index is -0.980. The lowest BCUT2D eigenvalue weighted by Gasteiger charge is -2.17. The maximum absolute atomic E-state index is 12.2. The molecule has 136 valence electrons. The van der Waals surface area contributed by atoms with Crippen LogP contribution in [0.4, 0.5) is 0 Å². The normalized spacial score (nSPS) is 17.2. The van der Waals surface area contributed by atoms with Gasteiger partial charge in [0.1, 0.15) is 5.75 Å². The molecule has 1 heterocycles. The van der Waals surface area contributed by atoms with Crippen molar-refractivity contribution in [2.75, 3.05) is 26.8 Å². The largest absolute Gasteiger partial charge is 0.494 e. The van der Waals surface area contributed by atoms with Gasteiger partial charge in [0, 0.05) is 6.61 Å². The molecule has 1 aliphatic rings. The number of carbonyl (C=O) groups excluding carboxylic acids is 1. The van der Waals surface area contributed by atoms with Crippen molar-refractivity contribution in [3.05, 3.63) is 42.0 Å². The van der Waals surface area contributed by atoms with Crippen LogP contribution in [0.5, 0.6) is 5.75 Å². The Morgan fingerprint density at radius 2 is 2.28 bits per heavy atom. The number of rotatable bonds is 9. The third kappa shape index (κ3) is 7.29. The quantitative estimate of drug-likeness (QED) is 0.354. The number of ether oxygens (including phenoxy) is 1. The van der Waals surface area contributed by atoms with Crippen LogP contribution in [0.15, 0.2) is 36.4 Å². The summed E-state index contributed by atoms with van der Waals surface area (Å²) in [5.74, 6) is 0.211. The molecule has 0 fully saturated rings.